The number of piperidine rings is 1. The van der Waals surface area contributed by atoms with Crippen molar-refractivity contribution in [3.63, 3.8) is 0 Å². The van der Waals surface area contributed by atoms with Gasteiger partial charge in [-0.2, -0.15) is 0 Å². The predicted octanol–water partition coefficient (Wildman–Crippen LogP) is 5.59. The maximum Gasteiger partial charge on any atom is 0.408 e. The number of alkyl carbamates (subject to hydrolysis) is 1. The van der Waals surface area contributed by atoms with Crippen LogP contribution in [0.1, 0.15) is 79.0 Å². The maximum atomic E-state index is 15.1. The highest BCUT2D eigenvalue weighted by atomic mass is 19.1. The number of carbonyl (C=O) groups excluding carboxylic acids is 4. The van der Waals surface area contributed by atoms with E-state index in [4.69, 9.17) is 9.47 Å². The number of hydrogen-bond acceptors (Lipinski definition) is 7. The molecule has 0 aliphatic carbocycles. The van der Waals surface area contributed by atoms with E-state index in [0.29, 0.717) is 19.0 Å². The topological polar surface area (TPSA) is 144 Å². The summed E-state index contributed by atoms with van der Waals surface area (Å²) in [6.45, 7) is 11.0. The number of amides is 4. The Balaban J connectivity index is 0.00000702. The van der Waals surface area contributed by atoms with Gasteiger partial charge in [0.25, 0.3) is 5.91 Å². The monoisotopic (exact) mass is 712 g/mol. The number of aromatic nitrogens is 2. The number of anilines is 1. The summed E-state index contributed by atoms with van der Waals surface area (Å²) in [6, 6.07) is 9.79. The first-order valence-electron chi connectivity index (χ1n) is 16.5. The van der Waals surface area contributed by atoms with Crippen LogP contribution in [0.4, 0.5) is 19.4 Å². The van der Waals surface area contributed by atoms with Gasteiger partial charge in [0.2, 0.25) is 11.8 Å². The lowest BCUT2D eigenvalue weighted by molar-refractivity contribution is -0.135. The molecule has 4 rings (SSSR count). The molecule has 0 spiro atoms. The molecule has 3 N–H and O–H groups in total. The molecular formula is C37H50F2N6O6. The van der Waals surface area contributed by atoms with Gasteiger partial charge >= 0.3 is 6.09 Å². The average Bonchev–Trinajstić information content (AvgIpc) is 3.48. The van der Waals surface area contributed by atoms with Crippen molar-refractivity contribution in [2.75, 3.05) is 25.0 Å². The molecule has 4 amide bonds. The molecule has 278 valence electrons. The number of nitrogens with zero attached hydrogens (tertiary/aromatic N) is 3. The van der Waals surface area contributed by atoms with Crippen molar-refractivity contribution < 1.29 is 37.4 Å². The number of benzene rings is 2. The number of carbonyl (C=O) groups is 4. The molecule has 1 aliphatic rings. The number of rotatable bonds is 12. The minimum Gasteiger partial charge on any atom is -0.444 e. The van der Waals surface area contributed by atoms with E-state index in [-0.39, 0.29) is 32.0 Å². The summed E-state index contributed by atoms with van der Waals surface area (Å²) >= 11 is 0. The van der Waals surface area contributed by atoms with E-state index >= 15 is 4.39 Å². The first kappa shape index (κ1) is 40.6. The number of hydrogen-bond donors (Lipinski definition) is 3. The summed E-state index contributed by atoms with van der Waals surface area (Å²) in [5.74, 6) is -3.01. The second kappa shape index (κ2) is 17.4. The zero-order valence-electron chi connectivity index (χ0n) is 29.3. The van der Waals surface area contributed by atoms with Crippen LogP contribution in [0.3, 0.4) is 0 Å². The molecule has 14 heteroatoms. The third-order valence-electron chi connectivity index (χ3n) is 8.14. The van der Waals surface area contributed by atoms with Crippen LogP contribution in [0.5, 0.6) is 0 Å². The lowest BCUT2D eigenvalue weighted by atomic mass is 9.97. The third kappa shape index (κ3) is 11.6. The van der Waals surface area contributed by atoms with Gasteiger partial charge in [0.1, 0.15) is 34.9 Å². The molecule has 3 aromatic rings. The largest absolute Gasteiger partial charge is 0.444 e. The fourth-order valence-electron chi connectivity index (χ4n) is 5.31. The molecule has 0 radical (unpaired) electrons. The third-order valence-corrected chi connectivity index (χ3v) is 8.14. The normalized spacial score (nSPS) is 14.9. The van der Waals surface area contributed by atoms with Crippen molar-refractivity contribution in [1.29, 1.82) is 0 Å². The molecule has 1 aliphatic heterocycles. The van der Waals surface area contributed by atoms with Gasteiger partial charge in [-0.05, 0) is 65.0 Å². The van der Waals surface area contributed by atoms with E-state index in [2.05, 4.69) is 27.9 Å². The Morgan fingerprint density at radius 3 is 2.29 bits per heavy atom. The minimum absolute atomic E-state index is 0. The Morgan fingerprint density at radius 1 is 1.00 bits per heavy atom. The van der Waals surface area contributed by atoms with Gasteiger partial charge in [0.15, 0.2) is 5.82 Å². The summed E-state index contributed by atoms with van der Waals surface area (Å²) in [6.07, 6.45) is 3.41. The van der Waals surface area contributed by atoms with Crippen molar-refractivity contribution in [2.45, 2.75) is 91.6 Å². The van der Waals surface area contributed by atoms with E-state index in [1.165, 1.54) is 37.0 Å². The van der Waals surface area contributed by atoms with E-state index in [1.807, 2.05) is 30.3 Å². The van der Waals surface area contributed by atoms with Gasteiger partial charge in [-0.3, -0.25) is 14.4 Å². The number of ether oxygens (including phenoxy) is 2. The number of imidazole rings is 1. The van der Waals surface area contributed by atoms with E-state index in [0.717, 1.165) is 30.5 Å². The Morgan fingerprint density at radius 2 is 1.67 bits per heavy atom. The van der Waals surface area contributed by atoms with Crippen LogP contribution in [0.2, 0.25) is 0 Å². The molecule has 51 heavy (non-hydrogen) atoms. The van der Waals surface area contributed by atoms with Gasteiger partial charge < -0.3 is 34.9 Å². The number of likely N-dealkylation sites (tertiary alicyclic amines) is 1. The summed E-state index contributed by atoms with van der Waals surface area (Å²) < 4.78 is 41.4. The number of halogens is 2. The van der Waals surface area contributed by atoms with E-state index in [9.17, 15) is 23.6 Å². The molecule has 2 atom stereocenters. The van der Waals surface area contributed by atoms with Gasteiger partial charge in [-0.15, -0.1) is 0 Å². The lowest BCUT2D eigenvalue weighted by Crippen LogP contribution is -2.59. The minimum atomic E-state index is -1.49. The Kier molecular flexibility index (Phi) is 13.8. The second-order valence-electron chi connectivity index (χ2n) is 14.1. The van der Waals surface area contributed by atoms with Gasteiger partial charge in [0, 0.05) is 30.9 Å². The molecule has 12 nitrogen and oxygen atoms in total. The molecule has 1 unspecified atom stereocenters. The second-order valence-corrected chi connectivity index (χ2v) is 14.1. The van der Waals surface area contributed by atoms with Crippen molar-refractivity contribution in [3.8, 4) is 0 Å². The van der Waals surface area contributed by atoms with Gasteiger partial charge in [0.05, 0.1) is 19.5 Å². The van der Waals surface area contributed by atoms with Crippen LogP contribution in [-0.2, 0) is 30.5 Å². The van der Waals surface area contributed by atoms with Gasteiger partial charge in [-0.25, -0.2) is 18.6 Å². The maximum absolute atomic E-state index is 15.1. The van der Waals surface area contributed by atoms with Crippen LogP contribution in [0.25, 0.3) is 0 Å². The molecule has 1 aromatic heterocycles. The lowest BCUT2D eigenvalue weighted by Gasteiger charge is -2.33. The molecular weight excluding hydrogens is 662 g/mol. The van der Waals surface area contributed by atoms with Crippen molar-refractivity contribution in [2.24, 2.45) is 5.92 Å². The van der Waals surface area contributed by atoms with Crippen LogP contribution >= 0.6 is 0 Å². The molecule has 1 fully saturated rings. The highest BCUT2D eigenvalue weighted by Gasteiger charge is 2.35. The summed E-state index contributed by atoms with van der Waals surface area (Å²) in [7, 11) is 0. The Labute approximate surface area is 298 Å². The van der Waals surface area contributed by atoms with E-state index < -0.39 is 58.7 Å². The molecule has 0 bridgehead atoms. The summed E-state index contributed by atoms with van der Waals surface area (Å²) in [4.78, 5) is 59.1. The first-order valence-corrected chi connectivity index (χ1v) is 16.5. The molecule has 2 aromatic carbocycles. The van der Waals surface area contributed by atoms with Crippen LogP contribution in [0.15, 0.2) is 61.1 Å². The highest BCUT2D eigenvalue weighted by Crippen LogP contribution is 2.28. The van der Waals surface area contributed by atoms with Crippen molar-refractivity contribution in [1.82, 2.24) is 25.1 Å². The van der Waals surface area contributed by atoms with Crippen LogP contribution < -0.4 is 16.0 Å². The molecule has 1 saturated heterocycles. The standard InChI is InChI=1S/C36H46F2N6O6.CH4/c1-23-14-16-43(17-15-23)32(46)30(26-13-12-25(37)18-27(26)38)44-19-29(39-22-44)41-31(45)28(21-49-20-24-10-8-7-9-11-24)40-33(47)36(5,6)42-34(48)50-35(2,3)4;/h7-13,18-19,22-23,28,30H,14-17,20-21H2,1-6H3,(H,40,47)(H,41,45)(H,42,48);1H4/t28-,30?;/m1./s1. The quantitative estimate of drug-likeness (QED) is 0.222. The number of nitrogens with one attached hydrogen (secondary N) is 3. The van der Waals surface area contributed by atoms with E-state index in [1.54, 1.807) is 25.7 Å². The highest BCUT2D eigenvalue weighted by molar-refractivity contribution is 5.98. The fourth-order valence-corrected chi connectivity index (χ4v) is 5.31. The zero-order valence-corrected chi connectivity index (χ0v) is 29.3. The van der Waals surface area contributed by atoms with Crippen LogP contribution in [0, 0.1) is 17.6 Å². The SMILES string of the molecule is C.CC1CCN(C(=O)C(c2ccc(F)cc2F)n2cnc(NC(=O)[C@@H](COCc3ccccc3)NC(=O)C(C)(C)NC(=O)OC(C)(C)C)c2)CC1. The first-order chi connectivity index (χ1) is 23.5. The fraction of sp³-hybridized carbons (Fsp3) is 0.486. The Hall–Kier alpha value is -4.85. The molecule has 2 heterocycles. The molecule has 0 saturated carbocycles. The Bertz CT molecular complexity index is 1650. The summed E-state index contributed by atoms with van der Waals surface area (Å²) in [5.41, 5.74) is -1.49. The van der Waals surface area contributed by atoms with Gasteiger partial charge in [-0.1, -0.05) is 50.7 Å². The van der Waals surface area contributed by atoms with Crippen molar-refractivity contribution >= 4 is 29.6 Å². The average molecular weight is 713 g/mol. The van der Waals surface area contributed by atoms with Crippen molar-refractivity contribution in [3.05, 3.63) is 83.8 Å². The predicted molar refractivity (Wildman–Crippen MR) is 189 cm³/mol. The summed E-state index contributed by atoms with van der Waals surface area (Å²) in [5, 5.41) is 7.79. The zero-order chi connectivity index (χ0) is 36.6. The smallest absolute Gasteiger partial charge is 0.408 e. The van der Waals surface area contributed by atoms with Crippen LogP contribution in [-0.4, -0.2) is 75.1 Å².